The van der Waals surface area contributed by atoms with Gasteiger partial charge < -0.3 is 5.32 Å². The molecule has 1 N–H and O–H groups in total. The van der Waals surface area contributed by atoms with E-state index in [4.69, 9.17) is 0 Å². The third-order valence-electron chi connectivity index (χ3n) is 3.12. The van der Waals surface area contributed by atoms with Crippen molar-refractivity contribution in [1.82, 2.24) is 9.88 Å². The van der Waals surface area contributed by atoms with Gasteiger partial charge in [-0.2, -0.15) is 0 Å². The summed E-state index contributed by atoms with van der Waals surface area (Å²) in [5.74, 6) is 0.603. The lowest BCUT2D eigenvalue weighted by atomic mass is 10.2. The van der Waals surface area contributed by atoms with E-state index in [1.54, 1.807) is 0 Å². The zero-order valence-electron chi connectivity index (χ0n) is 11.2. The summed E-state index contributed by atoms with van der Waals surface area (Å²) in [5.41, 5.74) is 0.738. The number of nitrogens with zero attached hydrogens (tertiary/aromatic N) is 2. The molecule has 19 heavy (non-hydrogen) atoms. The van der Waals surface area contributed by atoms with Crippen LogP contribution in [0.5, 0.6) is 0 Å². The molecule has 0 aliphatic carbocycles. The van der Waals surface area contributed by atoms with Gasteiger partial charge in [-0.15, -0.1) is 0 Å². The summed E-state index contributed by atoms with van der Waals surface area (Å²) in [6.45, 7) is 3.06. The van der Waals surface area contributed by atoms with Crippen molar-refractivity contribution in [3.05, 3.63) is 23.9 Å². The monoisotopic (exact) mass is 261 g/mol. The molecule has 2 amide bonds. The normalized spacial score (nSPS) is 16.4. The summed E-state index contributed by atoms with van der Waals surface area (Å²) in [6, 6.07) is 5.60. The van der Waals surface area contributed by atoms with Crippen molar-refractivity contribution in [2.75, 3.05) is 11.9 Å². The number of carbonyl (C=O) groups excluding carboxylic acids is 2. The summed E-state index contributed by atoms with van der Waals surface area (Å²) < 4.78 is 0. The van der Waals surface area contributed by atoms with Crippen molar-refractivity contribution in [3.63, 3.8) is 0 Å². The lowest BCUT2D eigenvalue weighted by Crippen LogP contribution is -2.34. The van der Waals surface area contributed by atoms with Gasteiger partial charge in [0.2, 0.25) is 11.8 Å². The van der Waals surface area contributed by atoms with Crippen molar-refractivity contribution in [2.45, 2.75) is 39.2 Å². The van der Waals surface area contributed by atoms with Gasteiger partial charge in [0, 0.05) is 19.4 Å². The Morgan fingerprint density at radius 3 is 2.53 bits per heavy atom. The highest BCUT2D eigenvalue weighted by Crippen LogP contribution is 2.15. The van der Waals surface area contributed by atoms with Gasteiger partial charge >= 0.3 is 0 Å². The summed E-state index contributed by atoms with van der Waals surface area (Å²) in [4.78, 5) is 29.5. The van der Waals surface area contributed by atoms with Crippen LogP contribution in [-0.2, 0) is 16.1 Å². The molecule has 0 saturated carbocycles. The minimum atomic E-state index is -0.0850. The van der Waals surface area contributed by atoms with Crippen molar-refractivity contribution < 1.29 is 9.59 Å². The first-order chi connectivity index (χ1) is 9.20. The number of hydrogen-bond acceptors (Lipinski definition) is 4. The van der Waals surface area contributed by atoms with Crippen LogP contribution in [0.3, 0.4) is 0 Å². The molecule has 5 nitrogen and oxygen atoms in total. The number of likely N-dealkylation sites (tertiary alicyclic amines) is 1. The fraction of sp³-hybridized carbons (Fsp3) is 0.500. The van der Waals surface area contributed by atoms with Crippen LogP contribution in [0, 0.1) is 0 Å². The van der Waals surface area contributed by atoms with E-state index in [1.807, 2.05) is 25.1 Å². The van der Waals surface area contributed by atoms with Crippen LogP contribution in [0.2, 0.25) is 0 Å². The van der Waals surface area contributed by atoms with E-state index in [0.29, 0.717) is 12.8 Å². The molecular formula is C14H19N3O2. The Bertz CT molecular complexity index is 456. The number of aromatic nitrogens is 1. The molecule has 0 radical (unpaired) electrons. The number of carbonyl (C=O) groups is 2. The number of anilines is 1. The highest BCUT2D eigenvalue weighted by atomic mass is 16.2. The van der Waals surface area contributed by atoms with Gasteiger partial charge in [-0.1, -0.05) is 6.07 Å². The minimum absolute atomic E-state index is 0.0850. The van der Waals surface area contributed by atoms with Crippen LogP contribution >= 0.6 is 0 Å². The number of nitrogens with one attached hydrogen (secondary N) is 1. The molecule has 0 aromatic carbocycles. The zero-order valence-corrected chi connectivity index (χ0v) is 11.2. The second-order valence-electron chi connectivity index (χ2n) is 4.63. The number of amides is 2. The summed E-state index contributed by atoms with van der Waals surface area (Å²) >= 11 is 0. The van der Waals surface area contributed by atoms with Gasteiger partial charge in [0.15, 0.2) is 0 Å². The first-order valence-electron chi connectivity index (χ1n) is 6.73. The zero-order chi connectivity index (χ0) is 13.7. The molecule has 0 bridgehead atoms. The molecule has 1 aromatic rings. The van der Waals surface area contributed by atoms with Gasteiger partial charge in [-0.25, -0.2) is 4.98 Å². The molecule has 2 heterocycles. The van der Waals surface area contributed by atoms with E-state index in [1.165, 1.54) is 4.90 Å². The third-order valence-corrected chi connectivity index (χ3v) is 3.12. The summed E-state index contributed by atoms with van der Waals surface area (Å²) in [5, 5.41) is 3.12. The topological polar surface area (TPSA) is 62.3 Å². The Morgan fingerprint density at radius 1 is 1.21 bits per heavy atom. The number of imide groups is 1. The fourth-order valence-corrected chi connectivity index (χ4v) is 2.15. The molecule has 1 aliphatic heterocycles. The predicted octanol–water partition coefficient (Wildman–Crippen LogP) is 1.94. The maximum Gasteiger partial charge on any atom is 0.229 e. The van der Waals surface area contributed by atoms with E-state index in [-0.39, 0.29) is 18.4 Å². The molecule has 0 atom stereocenters. The average Bonchev–Trinajstić information content (AvgIpc) is 2.55. The molecule has 0 spiro atoms. The van der Waals surface area contributed by atoms with Crippen LogP contribution in [-0.4, -0.2) is 28.2 Å². The van der Waals surface area contributed by atoms with E-state index < -0.39 is 0 Å². The lowest BCUT2D eigenvalue weighted by Gasteiger charge is -2.18. The molecule has 1 fully saturated rings. The highest BCUT2D eigenvalue weighted by molar-refractivity contribution is 5.95. The van der Waals surface area contributed by atoms with Crippen molar-refractivity contribution >= 4 is 17.6 Å². The first kappa shape index (κ1) is 13.5. The molecule has 1 aromatic heterocycles. The maximum absolute atomic E-state index is 11.9. The largest absolute Gasteiger partial charge is 0.370 e. The van der Waals surface area contributed by atoms with E-state index in [0.717, 1.165) is 30.9 Å². The molecular weight excluding hydrogens is 242 g/mol. The SMILES string of the molecule is CCNc1cccc(CN2C(=O)CCCCC2=O)n1. The second kappa shape index (κ2) is 6.31. The molecule has 5 heteroatoms. The van der Waals surface area contributed by atoms with E-state index in [9.17, 15) is 9.59 Å². The van der Waals surface area contributed by atoms with Gasteiger partial charge in [0.05, 0.1) is 12.2 Å². The van der Waals surface area contributed by atoms with Crippen molar-refractivity contribution in [2.24, 2.45) is 0 Å². The quantitative estimate of drug-likeness (QED) is 0.841. The molecule has 102 valence electrons. The van der Waals surface area contributed by atoms with Gasteiger partial charge in [0.25, 0.3) is 0 Å². The Balaban J connectivity index is 2.12. The van der Waals surface area contributed by atoms with Crippen LogP contribution in [0.4, 0.5) is 5.82 Å². The lowest BCUT2D eigenvalue weighted by molar-refractivity contribution is -0.144. The minimum Gasteiger partial charge on any atom is -0.370 e. The molecule has 1 saturated heterocycles. The van der Waals surface area contributed by atoms with Gasteiger partial charge in [-0.3, -0.25) is 14.5 Å². The molecule has 1 aliphatic rings. The maximum atomic E-state index is 11.9. The number of hydrogen-bond donors (Lipinski definition) is 1. The Kier molecular flexibility index (Phi) is 4.49. The van der Waals surface area contributed by atoms with E-state index >= 15 is 0 Å². The molecule has 2 rings (SSSR count). The Hall–Kier alpha value is -1.91. The average molecular weight is 261 g/mol. The highest BCUT2D eigenvalue weighted by Gasteiger charge is 2.24. The van der Waals surface area contributed by atoms with Crippen LogP contribution in [0.25, 0.3) is 0 Å². The Labute approximate surface area is 113 Å². The standard InChI is InChI=1S/C14H19N3O2/c1-2-15-12-7-5-6-11(16-12)10-17-13(18)8-3-4-9-14(17)19/h5-7H,2-4,8-10H2,1H3,(H,15,16). The van der Waals surface area contributed by atoms with Gasteiger partial charge in [-0.05, 0) is 31.9 Å². The smallest absolute Gasteiger partial charge is 0.229 e. The molecule has 0 unspecified atom stereocenters. The fourth-order valence-electron chi connectivity index (χ4n) is 2.15. The van der Waals surface area contributed by atoms with Crippen LogP contribution < -0.4 is 5.32 Å². The summed E-state index contributed by atoms with van der Waals surface area (Å²) in [6.07, 6.45) is 2.51. The number of rotatable bonds is 4. The third kappa shape index (κ3) is 3.53. The Morgan fingerprint density at radius 2 is 1.89 bits per heavy atom. The van der Waals surface area contributed by atoms with Crippen molar-refractivity contribution in [3.8, 4) is 0 Å². The predicted molar refractivity (Wildman–Crippen MR) is 72.4 cm³/mol. The van der Waals surface area contributed by atoms with Crippen LogP contribution in [0.15, 0.2) is 18.2 Å². The second-order valence-corrected chi connectivity index (χ2v) is 4.63. The number of pyridine rings is 1. The van der Waals surface area contributed by atoms with Crippen LogP contribution in [0.1, 0.15) is 38.3 Å². The first-order valence-corrected chi connectivity index (χ1v) is 6.73. The van der Waals surface area contributed by atoms with E-state index in [2.05, 4.69) is 10.3 Å². The van der Waals surface area contributed by atoms with Crippen molar-refractivity contribution in [1.29, 1.82) is 0 Å². The summed E-state index contributed by atoms with van der Waals surface area (Å²) in [7, 11) is 0. The van der Waals surface area contributed by atoms with Gasteiger partial charge in [0.1, 0.15) is 5.82 Å².